The molecule has 158 valence electrons. The number of thiazole rings is 1. The van der Waals surface area contributed by atoms with Crippen molar-refractivity contribution in [3.8, 4) is 11.5 Å². The van der Waals surface area contributed by atoms with Crippen LogP contribution in [0.4, 0.5) is 5.13 Å². The second-order valence-electron chi connectivity index (χ2n) is 6.50. The molecule has 5 nitrogen and oxygen atoms in total. The highest BCUT2D eigenvalue weighted by molar-refractivity contribution is 9.10. The number of aromatic nitrogens is 1. The highest BCUT2D eigenvalue weighted by atomic mass is 79.9. The Hall–Kier alpha value is -2.61. The number of hydrogen-bond donors (Lipinski definition) is 1. The summed E-state index contributed by atoms with van der Waals surface area (Å²) in [6.45, 7) is 2.78. The van der Waals surface area contributed by atoms with E-state index in [9.17, 15) is 0 Å². The SMILES string of the molecule is CCOc1cc(/C=N\Nc2nc3ccccc3s2)cc(Br)c1OCc1ccccc1Cl. The topological polar surface area (TPSA) is 55.7 Å². The van der Waals surface area contributed by atoms with Gasteiger partial charge >= 0.3 is 0 Å². The van der Waals surface area contributed by atoms with Crippen LogP contribution in [0.1, 0.15) is 18.1 Å². The van der Waals surface area contributed by atoms with E-state index in [0.29, 0.717) is 29.7 Å². The molecule has 0 amide bonds. The van der Waals surface area contributed by atoms with E-state index in [4.69, 9.17) is 21.1 Å². The van der Waals surface area contributed by atoms with Crippen molar-refractivity contribution in [1.82, 2.24) is 4.98 Å². The van der Waals surface area contributed by atoms with Crippen LogP contribution >= 0.6 is 38.9 Å². The molecular formula is C23H19BrClN3O2S. The molecule has 0 aliphatic carbocycles. The van der Waals surface area contributed by atoms with Crippen LogP contribution in [0.2, 0.25) is 5.02 Å². The number of rotatable bonds is 8. The van der Waals surface area contributed by atoms with Crippen LogP contribution in [-0.2, 0) is 6.61 Å². The molecule has 0 spiro atoms. The first-order valence-corrected chi connectivity index (χ1v) is 11.6. The molecule has 0 unspecified atom stereocenters. The molecule has 1 aromatic heterocycles. The Bertz CT molecular complexity index is 1200. The smallest absolute Gasteiger partial charge is 0.204 e. The van der Waals surface area contributed by atoms with Crippen LogP contribution in [0.25, 0.3) is 10.2 Å². The normalized spacial score (nSPS) is 11.2. The summed E-state index contributed by atoms with van der Waals surface area (Å²) in [6.07, 6.45) is 1.72. The summed E-state index contributed by atoms with van der Waals surface area (Å²) >= 11 is 11.4. The minimum atomic E-state index is 0.338. The molecule has 1 N–H and O–H groups in total. The summed E-state index contributed by atoms with van der Waals surface area (Å²) in [7, 11) is 0. The van der Waals surface area contributed by atoms with Gasteiger partial charge in [0.05, 0.1) is 27.5 Å². The molecule has 0 fully saturated rings. The fourth-order valence-electron chi connectivity index (χ4n) is 2.91. The third-order valence-corrected chi connectivity index (χ3v) is 6.23. The van der Waals surface area contributed by atoms with Gasteiger partial charge in [-0.3, -0.25) is 5.43 Å². The molecule has 0 radical (unpaired) electrons. The van der Waals surface area contributed by atoms with Gasteiger partial charge in [-0.2, -0.15) is 5.10 Å². The Morgan fingerprint density at radius 3 is 2.74 bits per heavy atom. The average Bonchev–Trinajstić information content (AvgIpc) is 3.17. The van der Waals surface area contributed by atoms with Gasteiger partial charge in [-0.25, -0.2) is 4.98 Å². The molecule has 8 heteroatoms. The maximum atomic E-state index is 6.24. The van der Waals surface area contributed by atoms with Crippen molar-refractivity contribution in [2.75, 3.05) is 12.0 Å². The van der Waals surface area contributed by atoms with Crippen LogP contribution in [0.15, 0.2) is 70.2 Å². The first kappa shape index (κ1) is 21.6. The summed E-state index contributed by atoms with van der Waals surface area (Å²) < 4.78 is 13.7. The summed E-state index contributed by atoms with van der Waals surface area (Å²) in [5, 5.41) is 5.73. The highest BCUT2D eigenvalue weighted by Crippen LogP contribution is 2.37. The van der Waals surface area contributed by atoms with E-state index in [1.165, 1.54) is 0 Å². The second-order valence-corrected chi connectivity index (χ2v) is 8.79. The van der Waals surface area contributed by atoms with E-state index in [2.05, 4.69) is 31.4 Å². The van der Waals surface area contributed by atoms with Crippen molar-refractivity contribution < 1.29 is 9.47 Å². The number of hydrazone groups is 1. The number of hydrogen-bond acceptors (Lipinski definition) is 6. The molecule has 0 bridgehead atoms. The van der Waals surface area contributed by atoms with Gasteiger partial charge in [0, 0.05) is 10.6 Å². The van der Waals surface area contributed by atoms with Crippen LogP contribution in [0, 0.1) is 0 Å². The third-order valence-electron chi connectivity index (χ3n) is 4.33. The Labute approximate surface area is 197 Å². The number of benzene rings is 3. The zero-order valence-corrected chi connectivity index (χ0v) is 19.8. The summed E-state index contributed by atoms with van der Waals surface area (Å²) in [6, 6.07) is 19.4. The Morgan fingerprint density at radius 1 is 1.13 bits per heavy atom. The Kier molecular flexibility index (Phi) is 7.06. The lowest BCUT2D eigenvalue weighted by atomic mass is 10.2. The van der Waals surface area contributed by atoms with E-state index < -0.39 is 0 Å². The largest absolute Gasteiger partial charge is 0.490 e. The summed E-state index contributed by atoms with van der Waals surface area (Å²) in [4.78, 5) is 4.51. The number of halogens is 2. The Morgan fingerprint density at radius 2 is 1.94 bits per heavy atom. The molecular weight excluding hydrogens is 498 g/mol. The van der Waals surface area contributed by atoms with Crippen molar-refractivity contribution in [2.24, 2.45) is 5.10 Å². The molecule has 0 saturated carbocycles. The lowest BCUT2D eigenvalue weighted by Crippen LogP contribution is -2.02. The molecule has 0 atom stereocenters. The first-order valence-electron chi connectivity index (χ1n) is 9.61. The summed E-state index contributed by atoms with van der Waals surface area (Å²) in [5.41, 5.74) is 5.71. The van der Waals surface area contributed by atoms with Crippen LogP contribution in [0.5, 0.6) is 11.5 Å². The molecule has 4 aromatic rings. The van der Waals surface area contributed by atoms with Crippen molar-refractivity contribution in [1.29, 1.82) is 0 Å². The van der Waals surface area contributed by atoms with Gasteiger partial charge in [-0.1, -0.05) is 53.3 Å². The lowest BCUT2D eigenvalue weighted by molar-refractivity contribution is 0.267. The predicted molar refractivity (Wildman–Crippen MR) is 132 cm³/mol. The number of nitrogens with zero attached hydrogens (tertiary/aromatic N) is 2. The quantitative estimate of drug-likeness (QED) is 0.200. The second kappa shape index (κ2) is 10.1. The maximum absolute atomic E-state index is 6.24. The minimum Gasteiger partial charge on any atom is -0.490 e. The molecule has 3 aromatic carbocycles. The van der Waals surface area contributed by atoms with Gasteiger partial charge < -0.3 is 9.47 Å². The number of anilines is 1. The maximum Gasteiger partial charge on any atom is 0.204 e. The van der Waals surface area contributed by atoms with Crippen LogP contribution in [0.3, 0.4) is 0 Å². The van der Waals surface area contributed by atoms with Crippen molar-refractivity contribution in [3.63, 3.8) is 0 Å². The monoisotopic (exact) mass is 515 g/mol. The molecule has 1 heterocycles. The lowest BCUT2D eigenvalue weighted by Gasteiger charge is -2.15. The fraction of sp³-hybridized carbons (Fsp3) is 0.130. The van der Waals surface area contributed by atoms with Gasteiger partial charge in [0.1, 0.15) is 6.61 Å². The van der Waals surface area contributed by atoms with E-state index >= 15 is 0 Å². The van der Waals surface area contributed by atoms with E-state index in [-0.39, 0.29) is 0 Å². The fourth-order valence-corrected chi connectivity index (χ4v) is 4.49. The Balaban J connectivity index is 1.50. The zero-order chi connectivity index (χ0) is 21.6. The van der Waals surface area contributed by atoms with Crippen molar-refractivity contribution in [3.05, 3.63) is 81.3 Å². The predicted octanol–water partition coefficient (Wildman–Crippen LogP) is 7.14. The van der Waals surface area contributed by atoms with Gasteiger partial charge in [0.2, 0.25) is 5.13 Å². The molecule has 0 saturated heterocycles. The van der Waals surface area contributed by atoms with Crippen molar-refractivity contribution in [2.45, 2.75) is 13.5 Å². The zero-order valence-electron chi connectivity index (χ0n) is 16.6. The average molecular weight is 517 g/mol. The van der Waals surface area contributed by atoms with Gasteiger partial charge in [0.25, 0.3) is 0 Å². The molecule has 0 aliphatic rings. The van der Waals surface area contributed by atoms with E-state index in [1.807, 2.05) is 67.6 Å². The van der Waals surface area contributed by atoms with Gasteiger partial charge in [-0.05, 0) is 58.7 Å². The molecule has 4 rings (SSSR count). The third kappa shape index (κ3) is 5.36. The number of para-hydroxylation sites is 1. The number of ether oxygens (including phenoxy) is 2. The number of nitrogens with one attached hydrogen (secondary N) is 1. The minimum absolute atomic E-state index is 0.338. The van der Waals surface area contributed by atoms with E-state index in [0.717, 1.165) is 30.9 Å². The molecule has 0 aliphatic heterocycles. The van der Waals surface area contributed by atoms with Crippen LogP contribution in [-0.4, -0.2) is 17.8 Å². The van der Waals surface area contributed by atoms with Crippen molar-refractivity contribution >= 4 is 60.4 Å². The standard InChI is InChI=1S/C23H19BrClN3O2S/c1-2-29-20-12-15(13-26-28-23-27-19-9-5-6-10-21(19)31-23)11-17(24)22(20)30-14-16-7-3-4-8-18(16)25/h3-13H,2,14H2,1H3,(H,27,28)/b26-13-. The van der Waals surface area contributed by atoms with Gasteiger partial charge in [0.15, 0.2) is 11.5 Å². The van der Waals surface area contributed by atoms with Crippen LogP contribution < -0.4 is 14.9 Å². The number of fused-ring (bicyclic) bond motifs is 1. The molecule has 31 heavy (non-hydrogen) atoms. The van der Waals surface area contributed by atoms with Gasteiger partial charge in [-0.15, -0.1) is 0 Å². The van der Waals surface area contributed by atoms with E-state index in [1.54, 1.807) is 17.6 Å². The first-order chi connectivity index (χ1) is 15.1. The highest BCUT2D eigenvalue weighted by Gasteiger charge is 2.13. The summed E-state index contributed by atoms with van der Waals surface area (Å²) in [5.74, 6) is 1.25.